The second kappa shape index (κ2) is 8.09. The molecule has 0 aromatic heterocycles. The molecule has 0 radical (unpaired) electrons. The van der Waals surface area contributed by atoms with Crippen LogP contribution in [0.5, 0.6) is 0 Å². The van der Waals surface area contributed by atoms with Crippen LogP contribution in [-0.2, 0) is 14.8 Å². The summed E-state index contributed by atoms with van der Waals surface area (Å²) in [7, 11) is -3.87. The molecular formula is C22H25NO3S. The number of amides is 1. The molecule has 0 saturated heterocycles. The molecule has 0 bridgehead atoms. The van der Waals surface area contributed by atoms with Crippen LogP contribution in [0.25, 0.3) is 0 Å². The number of nitrogens with zero attached hydrogens (tertiary/aromatic N) is 1. The van der Waals surface area contributed by atoms with E-state index in [1.807, 2.05) is 43.3 Å². The highest BCUT2D eigenvalue weighted by Crippen LogP contribution is 2.35. The molecule has 5 heteroatoms. The van der Waals surface area contributed by atoms with Crippen molar-refractivity contribution < 1.29 is 13.2 Å². The predicted octanol–water partition coefficient (Wildman–Crippen LogP) is 4.43. The van der Waals surface area contributed by atoms with Gasteiger partial charge in [0, 0.05) is 0 Å². The van der Waals surface area contributed by atoms with Crippen molar-refractivity contribution in [1.82, 2.24) is 4.31 Å². The summed E-state index contributed by atoms with van der Waals surface area (Å²) in [4.78, 5) is 13.4. The number of unbranched alkanes of at least 4 members (excludes halogenated alkanes) is 1. The Morgan fingerprint density at radius 1 is 1.04 bits per heavy atom. The molecule has 1 amide bonds. The zero-order valence-corrected chi connectivity index (χ0v) is 16.6. The smallest absolute Gasteiger partial charge is 0.266 e. The van der Waals surface area contributed by atoms with E-state index in [1.54, 1.807) is 24.3 Å². The molecule has 4 nitrogen and oxygen atoms in total. The van der Waals surface area contributed by atoms with Crippen LogP contribution in [0.3, 0.4) is 0 Å². The Kier molecular flexibility index (Phi) is 5.80. The Morgan fingerprint density at radius 3 is 2.33 bits per heavy atom. The van der Waals surface area contributed by atoms with Gasteiger partial charge in [-0.25, -0.2) is 12.7 Å². The zero-order valence-electron chi connectivity index (χ0n) is 15.8. The molecule has 0 unspecified atom stereocenters. The summed E-state index contributed by atoms with van der Waals surface area (Å²) in [6.45, 7) is 4.10. The number of sulfonamides is 1. The minimum absolute atomic E-state index is 0.0947. The number of aryl methyl sites for hydroxylation is 1. The van der Waals surface area contributed by atoms with Crippen molar-refractivity contribution in [3.05, 3.63) is 77.4 Å². The van der Waals surface area contributed by atoms with E-state index in [4.69, 9.17) is 0 Å². The van der Waals surface area contributed by atoms with Crippen molar-refractivity contribution in [1.29, 1.82) is 0 Å². The topological polar surface area (TPSA) is 54.5 Å². The van der Waals surface area contributed by atoms with Crippen LogP contribution in [0.1, 0.15) is 43.2 Å². The molecular weight excluding hydrogens is 358 g/mol. The van der Waals surface area contributed by atoms with Crippen LogP contribution in [-0.4, -0.2) is 25.2 Å². The van der Waals surface area contributed by atoms with Gasteiger partial charge in [-0.1, -0.05) is 73.0 Å². The van der Waals surface area contributed by atoms with Crippen LogP contribution in [0.4, 0.5) is 0 Å². The highest BCUT2D eigenvalue weighted by Gasteiger charge is 2.38. The van der Waals surface area contributed by atoms with Crippen LogP contribution in [0.15, 0.2) is 71.1 Å². The third kappa shape index (κ3) is 3.98. The summed E-state index contributed by atoms with van der Waals surface area (Å²) in [5.41, 5.74) is 2.83. The van der Waals surface area contributed by atoms with Gasteiger partial charge < -0.3 is 0 Å². The first kappa shape index (κ1) is 19.4. The molecule has 1 atom stereocenters. The van der Waals surface area contributed by atoms with Crippen molar-refractivity contribution in [3.8, 4) is 0 Å². The van der Waals surface area contributed by atoms with E-state index in [0.717, 1.165) is 40.3 Å². The standard InChI is InChI=1S/C22H25NO3S/c1-3-4-8-19-15-16-23(22(24)21(19)18-9-6-5-7-10-18)27(25,26)20-13-11-17(2)12-14-20/h5-7,9-15,21H,3-4,8,16H2,1-2H3/t21-/m1/s1. The molecule has 27 heavy (non-hydrogen) atoms. The fourth-order valence-corrected chi connectivity index (χ4v) is 4.74. The first-order valence-electron chi connectivity index (χ1n) is 9.32. The van der Waals surface area contributed by atoms with E-state index in [0.29, 0.717) is 0 Å². The average Bonchev–Trinajstić information content (AvgIpc) is 2.67. The van der Waals surface area contributed by atoms with Gasteiger partial charge >= 0.3 is 0 Å². The molecule has 2 aromatic rings. The van der Waals surface area contributed by atoms with Gasteiger partial charge in [-0.2, -0.15) is 0 Å². The molecule has 0 aliphatic carbocycles. The molecule has 1 aliphatic heterocycles. The lowest BCUT2D eigenvalue weighted by Gasteiger charge is -2.32. The Bertz CT molecular complexity index is 931. The van der Waals surface area contributed by atoms with E-state index in [9.17, 15) is 13.2 Å². The van der Waals surface area contributed by atoms with E-state index in [-0.39, 0.29) is 17.3 Å². The van der Waals surface area contributed by atoms with Gasteiger partial charge in [-0.05, 0) is 37.5 Å². The SMILES string of the molecule is CCCCC1=CCN(S(=O)(=O)c2ccc(C)cc2)C(=O)[C@@H]1c1ccccc1. The molecule has 0 fully saturated rings. The highest BCUT2D eigenvalue weighted by atomic mass is 32.2. The largest absolute Gasteiger partial charge is 0.273 e. The van der Waals surface area contributed by atoms with Gasteiger partial charge in [-0.3, -0.25) is 4.79 Å². The summed E-state index contributed by atoms with van der Waals surface area (Å²) in [6, 6.07) is 16.1. The maximum Gasteiger partial charge on any atom is 0.266 e. The minimum atomic E-state index is -3.87. The first-order valence-corrected chi connectivity index (χ1v) is 10.8. The molecule has 0 N–H and O–H groups in total. The highest BCUT2D eigenvalue weighted by molar-refractivity contribution is 7.89. The number of hydrogen-bond acceptors (Lipinski definition) is 3. The van der Waals surface area contributed by atoms with Gasteiger partial charge in [0.1, 0.15) is 0 Å². The van der Waals surface area contributed by atoms with Gasteiger partial charge in [-0.15, -0.1) is 0 Å². The lowest BCUT2D eigenvalue weighted by molar-refractivity contribution is -0.127. The Labute approximate surface area is 161 Å². The van der Waals surface area contributed by atoms with Crippen LogP contribution >= 0.6 is 0 Å². The summed E-state index contributed by atoms with van der Waals surface area (Å²) >= 11 is 0. The quantitative estimate of drug-likeness (QED) is 0.694. The average molecular weight is 384 g/mol. The third-order valence-electron chi connectivity index (χ3n) is 4.94. The van der Waals surface area contributed by atoms with E-state index in [2.05, 4.69) is 6.92 Å². The van der Waals surface area contributed by atoms with Crippen molar-refractivity contribution in [3.63, 3.8) is 0 Å². The van der Waals surface area contributed by atoms with Crippen LogP contribution in [0, 0.1) is 6.92 Å². The normalized spacial score (nSPS) is 17.7. The zero-order chi connectivity index (χ0) is 19.4. The molecule has 1 aliphatic rings. The second-order valence-corrected chi connectivity index (χ2v) is 8.78. The van der Waals surface area contributed by atoms with E-state index in [1.165, 1.54) is 0 Å². The Hall–Kier alpha value is -2.40. The summed E-state index contributed by atoms with van der Waals surface area (Å²) in [5.74, 6) is -0.901. The predicted molar refractivity (Wildman–Crippen MR) is 107 cm³/mol. The molecule has 142 valence electrons. The van der Waals surface area contributed by atoms with Crippen LogP contribution < -0.4 is 0 Å². The molecule has 3 rings (SSSR count). The summed E-state index contributed by atoms with van der Waals surface area (Å²) in [5, 5.41) is 0. The monoisotopic (exact) mass is 383 g/mol. The number of carbonyl (C=O) groups is 1. The first-order chi connectivity index (χ1) is 12.9. The lowest BCUT2D eigenvalue weighted by atomic mass is 9.85. The van der Waals surface area contributed by atoms with E-state index >= 15 is 0 Å². The van der Waals surface area contributed by atoms with Crippen molar-refractivity contribution in [2.45, 2.75) is 43.9 Å². The maximum atomic E-state index is 13.3. The van der Waals surface area contributed by atoms with Gasteiger partial charge in [0.15, 0.2) is 0 Å². The lowest BCUT2D eigenvalue weighted by Crippen LogP contribution is -2.43. The van der Waals surface area contributed by atoms with Gasteiger partial charge in [0.2, 0.25) is 5.91 Å². The van der Waals surface area contributed by atoms with Crippen molar-refractivity contribution in [2.24, 2.45) is 0 Å². The second-order valence-electron chi connectivity index (χ2n) is 6.91. The molecule has 0 saturated carbocycles. The van der Waals surface area contributed by atoms with Crippen molar-refractivity contribution in [2.75, 3.05) is 6.54 Å². The number of rotatable bonds is 6. The Balaban J connectivity index is 2.00. The molecule has 1 heterocycles. The van der Waals surface area contributed by atoms with Gasteiger partial charge in [0.25, 0.3) is 10.0 Å². The fraction of sp³-hybridized carbons (Fsp3) is 0.318. The number of benzene rings is 2. The number of hydrogen-bond donors (Lipinski definition) is 0. The van der Waals surface area contributed by atoms with Gasteiger partial charge in [0.05, 0.1) is 17.4 Å². The number of carbonyl (C=O) groups excluding carboxylic acids is 1. The Morgan fingerprint density at radius 2 is 1.70 bits per heavy atom. The third-order valence-corrected chi connectivity index (χ3v) is 6.72. The molecule has 2 aromatic carbocycles. The van der Waals surface area contributed by atoms with Crippen molar-refractivity contribution >= 4 is 15.9 Å². The summed E-state index contributed by atoms with van der Waals surface area (Å²) in [6.07, 6.45) is 4.73. The summed E-state index contributed by atoms with van der Waals surface area (Å²) < 4.78 is 27.2. The van der Waals surface area contributed by atoms with E-state index < -0.39 is 15.9 Å². The maximum absolute atomic E-state index is 13.3. The fourth-order valence-electron chi connectivity index (χ4n) is 3.39. The molecule has 0 spiro atoms. The van der Waals surface area contributed by atoms with Crippen LogP contribution in [0.2, 0.25) is 0 Å². The minimum Gasteiger partial charge on any atom is -0.273 e.